The van der Waals surface area contributed by atoms with Gasteiger partial charge >= 0.3 is 0 Å². The van der Waals surface area contributed by atoms with Gasteiger partial charge in [-0.05, 0) is 23.6 Å². The van der Waals surface area contributed by atoms with E-state index in [-0.39, 0.29) is 5.91 Å². The van der Waals surface area contributed by atoms with Crippen LogP contribution < -0.4 is 14.8 Å². The largest absolute Gasteiger partial charge is 0.493 e. The van der Waals surface area contributed by atoms with Gasteiger partial charge in [-0.25, -0.2) is 0 Å². The van der Waals surface area contributed by atoms with Gasteiger partial charge in [-0.3, -0.25) is 9.69 Å². The maximum Gasteiger partial charge on any atom is 0.224 e. The molecule has 1 aromatic carbocycles. The molecule has 1 saturated heterocycles. The Morgan fingerprint density at radius 1 is 1.15 bits per heavy atom. The first kappa shape index (κ1) is 21.5. The summed E-state index contributed by atoms with van der Waals surface area (Å²) in [5.41, 5.74) is 0.913. The fourth-order valence-corrected chi connectivity index (χ4v) is 3.79. The molecule has 0 spiro atoms. The van der Waals surface area contributed by atoms with Crippen LogP contribution in [0.5, 0.6) is 11.5 Å². The van der Waals surface area contributed by atoms with Crippen LogP contribution in [-0.2, 0) is 16.0 Å². The quantitative estimate of drug-likeness (QED) is 0.678. The summed E-state index contributed by atoms with van der Waals surface area (Å²) in [5.74, 6) is 1.92. The van der Waals surface area contributed by atoms with Crippen LogP contribution in [0.2, 0.25) is 0 Å². The van der Waals surface area contributed by atoms with E-state index in [4.69, 9.17) is 14.2 Å². The van der Waals surface area contributed by atoms with E-state index in [0.717, 1.165) is 44.7 Å². The van der Waals surface area contributed by atoms with Gasteiger partial charge in [-0.15, -0.1) is 0 Å². The van der Waals surface area contributed by atoms with Crippen molar-refractivity contribution in [3.05, 3.63) is 23.8 Å². The van der Waals surface area contributed by atoms with Crippen molar-refractivity contribution >= 4 is 5.91 Å². The second kappa shape index (κ2) is 11.1. The Labute approximate surface area is 163 Å². The predicted octanol–water partition coefficient (Wildman–Crippen LogP) is 2.50. The van der Waals surface area contributed by atoms with Gasteiger partial charge in [0.1, 0.15) is 0 Å². The lowest BCUT2D eigenvalue weighted by Crippen LogP contribution is -2.52. The number of ether oxygens (including phenoxy) is 3. The highest BCUT2D eigenvalue weighted by molar-refractivity contribution is 5.78. The molecule has 1 amide bonds. The molecule has 1 aromatic rings. The molecule has 27 heavy (non-hydrogen) atoms. The molecular formula is C21H34N2O4. The van der Waals surface area contributed by atoms with Crippen LogP contribution in [-0.4, -0.2) is 63.9 Å². The van der Waals surface area contributed by atoms with E-state index in [1.165, 1.54) is 0 Å². The fraction of sp³-hybridized carbons (Fsp3) is 0.667. The molecule has 1 fully saturated rings. The van der Waals surface area contributed by atoms with Crippen molar-refractivity contribution in [2.45, 2.75) is 39.2 Å². The van der Waals surface area contributed by atoms with Gasteiger partial charge < -0.3 is 19.5 Å². The second-order valence-electron chi connectivity index (χ2n) is 6.96. The molecule has 1 aliphatic rings. The molecule has 152 valence electrons. The minimum absolute atomic E-state index is 0.0337. The molecule has 1 heterocycles. The lowest BCUT2D eigenvalue weighted by atomic mass is 9.92. The molecule has 6 heteroatoms. The van der Waals surface area contributed by atoms with E-state index in [1.54, 1.807) is 14.2 Å². The van der Waals surface area contributed by atoms with Crippen molar-refractivity contribution in [3.63, 3.8) is 0 Å². The maximum atomic E-state index is 12.5. The van der Waals surface area contributed by atoms with E-state index in [9.17, 15) is 4.79 Å². The SMILES string of the molecule is CCC(CC)C(CNC(=O)Cc1ccc(OC)c(OC)c1)N1CCOCC1. The molecular weight excluding hydrogens is 344 g/mol. The number of hydrogen-bond donors (Lipinski definition) is 1. The van der Waals surface area contributed by atoms with Gasteiger partial charge in [-0.2, -0.15) is 0 Å². The van der Waals surface area contributed by atoms with Crippen molar-refractivity contribution in [2.75, 3.05) is 47.1 Å². The lowest BCUT2D eigenvalue weighted by Gasteiger charge is -2.38. The Bertz CT molecular complexity index is 584. The van der Waals surface area contributed by atoms with Crippen molar-refractivity contribution < 1.29 is 19.0 Å². The van der Waals surface area contributed by atoms with Crippen molar-refractivity contribution in [1.82, 2.24) is 10.2 Å². The third-order valence-electron chi connectivity index (χ3n) is 5.43. The van der Waals surface area contributed by atoms with E-state index in [0.29, 0.717) is 36.4 Å². The Balaban J connectivity index is 1.96. The normalized spacial score (nSPS) is 16.2. The highest BCUT2D eigenvalue weighted by Crippen LogP contribution is 2.27. The second-order valence-corrected chi connectivity index (χ2v) is 6.96. The molecule has 6 nitrogen and oxygen atoms in total. The third kappa shape index (κ3) is 6.11. The highest BCUT2D eigenvalue weighted by Gasteiger charge is 2.27. The number of nitrogens with one attached hydrogen (secondary N) is 1. The summed E-state index contributed by atoms with van der Waals surface area (Å²) in [7, 11) is 3.21. The number of carbonyl (C=O) groups excluding carboxylic acids is 1. The molecule has 1 unspecified atom stereocenters. The first-order valence-electron chi connectivity index (χ1n) is 9.92. The first-order valence-corrected chi connectivity index (χ1v) is 9.92. The standard InChI is InChI=1S/C21H34N2O4/c1-5-17(6-2)18(23-9-11-27-12-10-23)15-22-21(24)14-16-7-8-19(25-3)20(13-16)26-4/h7-8,13,17-18H,5-6,9-12,14-15H2,1-4H3,(H,22,24). The minimum atomic E-state index is 0.0337. The van der Waals surface area contributed by atoms with Crippen LogP contribution in [0.3, 0.4) is 0 Å². The van der Waals surface area contributed by atoms with Crippen LogP contribution in [0.1, 0.15) is 32.3 Å². The summed E-state index contributed by atoms with van der Waals surface area (Å²) >= 11 is 0. The molecule has 0 radical (unpaired) electrons. The Hall–Kier alpha value is -1.79. The molecule has 0 aliphatic carbocycles. The summed E-state index contributed by atoms with van der Waals surface area (Å²) in [6, 6.07) is 5.96. The molecule has 1 N–H and O–H groups in total. The Morgan fingerprint density at radius 3 is 2.41 bits per heavy atom. The van der Waals surface area contributed by atoms with Gasteiger partial charge in [0.25, 0.3) is 0 Å². The zero-order chi connectivity index (χ0) is 19.6. The topological polar surface area (TPSA) is 60.0 Å². The summed E-state index contributed by atoms with van der Waals surface area (Å²) < 4.78 is 16.1. The van der Waals surface area contributed by atoms with Crippen molar-refractivity contribution in [1.29, 1.82) is 0 Å². The average molecular weight is 379 g/mol. The zero-order valence-electron chi connectivity index (χ0n) is 17.1. The number of morpholine rings is 1. The van der Waals surface area contributed by atoms with Gasteiger partial charge in [0.2, 0.25) is 5.91 Å². The molecule has 0 aromatic heterocycles. The summed E-state index contributed by atoms with van der Waals surface area (Å²) in [4.78, 5) is 15.0. The van der Waals surface area contributed by atoms with Gasteiger partial charge in [0.15, 0.2) is 11.5 Å². The minimum Gasteiger partial charge on any atom is -0.493 e. The number of rotatable bonds is 10. The molecule has 0 saturated carbocycles. The van der Waals surface area contributed by atoms with Crippen LogP contribution in [0.15, 0.2) is 18.2 Å². The Morgan fingerprint density at radius 2 is 1.81 bits per heavy atom. The third-order valence-corrected chi connectivity index (χ3v) is 5.43. The van der Waals surface area contributed by atoms with E-state index < -0.39 is 0 Å². The number of benzene rings is 1. The maximum absolute atomic E-state index is 12.5. The molecule has 1 atom stereocenters. The first-order chi connectivity index (χ1) is 13.1. The van der Waals surface area contributed by atoms with E-state index >= 15 is 0 Å². The van der Waals surface area contributed by atoms with Crippen molar-refractivity contribution in [3.8, 4) is 11.5 Å². The predicted molar refractivity (Wildman–Crippen MR) is 107 cm³/mol. The van der Waals surface area contributed by atoms with Crippen molar-refractivity contribution in [2.24, 2.45) is 5.92 Å². The van der Waals surface area contributed by atoms with E-state index in [1.807, 2.05) is 18.2 Å². The van der Waals surface area contributed by atoms with Crippen LogP contribution in [0.25, 0.3) is 0 Å². The highest BCUT2D eigenvalue weighted by atomic mass is 16.5. The van der Waals surface area contributed by atoms with Gasteiger partial charge in [0.05, 0.1) is 33.9 Å². The van der Waals surface area contributed by atoms with E-state index in [2.05, 4.69) is 24.1 Å². The summed E-state index contributed by atoms with van der Waals surface area (Å²) in [6.45, 7) is 8.56. The monoisotopic (exact) mass is 378 g/mol. The number of nitrogens with zero attached hydrogens (tertiary/aromatic N) is 1. The van der Waals surface area contributed by atoms with Gasteiger partial charge in [-0.1, -0.05) is 32.8 Å². The van der Waals surface area contributed by atoms with Crippen LogP contribution in [0.4, 0.5) is 0 Å². The number of carbonyl (C=O) groups is 1. The zero-order valence-corrected chi connectivity index (χ0v) is 17.1. The fourth-order valence-electron chi connectivity index (χ4n) is 3.79. The number of amides is 1. The Kier molecular flexibility index (Phi) is 8.88. The molecule has 0 bridgehead atoms. The molecule has 1 aliphatic heterocycles. The van der Waals surface area contributed by atoms with Crippen LogP contribution in [0, 0.1) is 5.92 Å². The summed E-state index contributed by atoms with van der Waals surface area (Å²) in [5, 5.41) is 3.15. The average Bonchev–Trinajstić information content (AvgIpc) is 2.71. The molecule has 2 rings (SSSR count). The lowest BCUT2D eigenvalue weighted by molar-refractivity contribution is -0.121. The van der Waals surface area contributed by atoms with Crippen LogP contribution >= 0.6 is 0 Å². The smallest absolute Gasteiger partial charge is 0.224 e. The number of methoxy groups -OCH3 is 2. The summed E-state index contributed by atoms with van der Waals surface area (Å²) in [6.07, 6.45) is 2.56. The number of hydrogen-bond acceptors (Lipinski definition) is 5. The van der Waals surface area contributed by atoms with Gasteiger partial charge in [0, 0.05) is 25.7 Å².